The number of benzene rings is 2. The highest BCUT2D eigenvalue weighted by Crippen LogP contribution is 2.38. The molecule has 0 unspecified atom stereocenters. The van der Waals surface area contributed by atoms with Crippen molar-refractivity contribution >= 4 is 58.0 Å². The molecule has 0 bridgehead atoms. The molecule has 0 aromatic heterocycles. The van der Waals surface area contributed by atoms with Crippen molar-refractivity contribution < 1.29 is 14.3 Å². The first-order valence-corrected chi connectivity index (χ1v) is 8.62. The molecule has 0 radical (unpaired) electrons. The van der Waals surface area contributed by atoms with Crippen molar-refractivity contribution in [2.75, 3.05) is 17.3 Å². The van der Waals surface area contributed by atoms with Crippen LogP contribution in [0.1, 0.15) is 5.56 Å². The van der Waals surface area contributed by atoms with Crippen LogP contribution >= 0.6 is 34.8 Å². The van der Waals surface area contributed by atoms with Crippen LogP contribution in [-0.4, -0.2) is 18.9 Å². The summed E-state index contributed by atoms with van der Waals surface area (Å²) in [5, 5.41) is 2.98. The van der Waals surface area contributed by atoms with Crippen LogP contribution in [0.3, 0.4) is 0 Å². The minimum absolute atomic E-state index is 0.0587. The van der Waals surface area contributed by atoms with Crippen molar-refractivity contribution in [2.24, 2.45) is 0 Å². The van der Waals surface area contributed by atoms with E-state index in [0.717, 1.165) is 10.5 Å². The van der Waals surface area contributed by atoms with Gasteiger partial charge in [-0.1, -0.05) is 46.9 Å². The number of anilines is 2. The van der Waals surface area contributed by atoms with E-state index in [0.29, 0.717) is 11.4 Å². The number of amides is 2. The fraction of sp³-hybridized carbons (Fsp3) is 0.111. The molecule has 1 N–H and O–H groups in total. The first kappa shape index (κ1) is 18.6. The molecule has 134 valence electrons. The van der Waals surface area contributed by atoms with Crippen LogP contribution in [0, 0.1) is 6.92 Å². The number of methoxy groups -OCH3 is 1. The van der Waals surface area contributed by atoms with E-state index in [-0.39, 0.29) is 26.5 Å². The summed E-state index contributed by atoms with van der Waals surface area (Å²) >= 11 is 18.3. The molecule has 2 aromatic rings. The van der Waals surface area contributed by atoms with Crippen molar-refractivity contribution in [3.05, 3.63) is 62.7 Å². The Balaban J connectivity index is 2.00. The molecule has 3 rings (SSSR count). The molecule has 0 atom stereocenters. The molecule has 5 nitrogen and oxygen atoms in total. The van der Waals surface area contributed by atoms with Crippen LogP contribution in [0.4, 0.5) is 11.4 Å². The van der Waals surface area contributed by atoms with Gasteiger partial charge in [0, 0.05) is 0 Å². The highest BCUT2D eigenvalue weighted by molar-refractivity contribution is 6.54. The highest BCUT2D eigenvalue weighted by atomic mass is 35.5. The van der Waals surface area contributed by atoms with E-state index in [9.17, 15) is 9.59 Å². The van der Waals surface area contributed by atoms with Crippen LogP contribution in [-0.2, 0) is 9.59 Å². The van der Waals surface area contributed by atoms with E-state index in [1.807, 2.05) is 13.0 Å². The molecule has 0 saturated heterocycles. The van der Waals surface area contributed by atoms with Gasteiger partial charge in [-0.15, -0.1) is 0 Å². The van der Waals surface area contributed by atoms with Crippen LogP contribution in [0.15, 0.2) is 47.1 Å². The summed E-state index contributed by atoms with van der Waals surface area (Å²) in [6, 6.07) is 10.1. The second-order valence-corrected chi connectivity index (χ2v) is 6.70. The standard InChI is InChI=1S/C18H13Cl3N2O3/c1-9-6-7-13(26-2)11(8-9)22-16-15(21)17(24)23(18(16)25)12-5-3-4-10(19)14(12)20/h3-8,22H,1-2H3. The van der Waals surface area contributed by atoms with Gasteiger partial charge in [0.25, 0.3) is 11.8 Å². The molecule has 2 amide bonds. The normalized spacial score (nSPS) is 14.3. The topological polar surface area (TPSA) is 58.6 Å². The van der Waals surface area contributed by atoms with Gasteiger partial charge in [0.2, 0.25) is 0 Å². The lowest BCUT2D eigenvalue weighted by Gasteiger charge is -2.17. The molecule has 1 aliphatic heterocycles. The summed E-state index contributed by atoms with van der Waals surface area (Å²) in [6.07, 6.45) is 0. The summed E-state index contributed by atoms with van der Waals surface area (Å²) in [4.78, 5) is 26.3. The van der Waals surface area contributed by atoms with Crippen molar-refractivity contribution in [1.82, 2.24) is 0 Å². The molecule has 0 spiro atoms. The van der Waals surface area contributed by atoms with Gasteiger partial charge in [-0.25, -0.2) is 4.90 Å². The molecular formula is C18H13Cl3N2O3. The predicted molar refractivity (Wildman–Crippen MR) is 103 cm³/mol. The average molecular weight is 412 g/mol. The molecule has 0 saturated carbocycles. The summed E-state index contributed by atoms with van der Waals surface area (Å²) in [5.41, 5.74) is 1.56. The number of rotatable bonds is 4. The SMILES string of the molecule is COc1ccc(C)cc1NC1=C(Cl)C(=O)N(c2cccc(Cl)c2Cl)C1=O. The molecule has 26 heavy (non-hydrogen) atoms. The van der Waals surface area contributed by atoms with Crippen molar-refractivity contribution in [3.8, 4) is 5.75 Å². The lowest BCUT2D eigenvalue weighted by Crippen LogP contribution is -2.32. The predicted octanol–water partition coefficient (Wildman–Crippen LogP) is 4.75. The maximum atomic E-state index is 12.8. The smallest absolute Gasteiger partial charge is 0.283 e. The summed E-state index contributed by atoms with van der Waals surface area (Å²) in [7, 11) is 1.51. The van der Waals surface area contributed by atoms with E-state index >= 15 is 0 Å². The third-order valence-electron chi connectivity index (χ3n) is 3.81. The van der Waals surface area contributed by atoms with Crippen molar-refractivity contribution in [3.63, 3.8) is 0 Å². The lowest BCUT2D eigenvalue weighted by molar-refractivity contribution is -0.120. The Morgan fingerprint density at radius 3 is 2.46 bits per heavy atom. The summed E-state index contributed by atoms with van der Waals surface area (Å²) in [6.45, 7) is 1.89. The fourth-order valence-corrected chi connectivity index (χ4v) is 3.14. The van der Waals surface area contributed by atoms with Crippen molar-refractivity contribution in [1.29, 1.82) is 0 Å². The maximum absolute atomic E-state index is 12.8. The Hall–Kier alpha value is -2.21. The molecule has 1 aliphatic rings. The molecule has 0 aliphatic carbocycles. The Morgan fingerprint density at radius 2 is 1.77 bits per heavy atom. The molecule has 0 fully saturated rings. The second-order valence-electron chi connectivity index (χ2n) is 5.54. The summed E-state index contributed by atoms with van der Waals surface area (Å²) in [5.74, 6) is -0.810. The van der Waals surface area contributed by atoms with Crippen LogP contribution in [0.2, 0.25) is 10.0 Å². The van der Waals surface area contributed by atoms with E-state index in [1.54, 1.807) is 24.3 Å². The van der Waals surface area contributed by atoms with E-state index in [1.165, 1.54) is 13.2 Å². The minimum Gasteiger partial charge on any atom is -0.495 e. The van der Waals surface area contributed by atoms with E-state index in [2.05, 4.69) is 5.32 Å². The Kier molecular flexibility index (Phi) is 5.14. The highest BCUT2D eigenvalue weighted by Gasteiger charge is 2.40. The van der Waals surface area contributed by atoms with Gasteiger partial charge in [-0.05, 0) is 36.8 Å². The lowest BCUT2D eigenvalue weighted by atomic mass is 10.2. The zero-order chi connectivity index (χ0) is 19.0. The number of nitrogens with zero attached hydrogens (tertiary/aromatic N) is 1. The van der Waals surface area contributed by atoms with Crippen LogP contribution in [0.5, 0.6) is 5.75 Å². The first-order chi connectivity index (χ1) is 12.3. The monoisotopic (exact) mass is 410 g/mol. The molecule has 1 heterocycles. The van der Waals surface area contributed by atoms with Gasteiger partial charge in [-0.3, -0.25) is 9.59 Å². The number of carbonyl (C=O) groups is 2. The van der Waals surface area contributed by atoms with Gasteiger partial charge in [-0.2, -0.15) is 0 Å². The third kappa shape index (κ3) is 3.14. The molecule has 2 aromatic carbocycles. The number of ether oxygens (including phenoxy) is 1. The van der Waals surface area contributed by atoms with E-state index in [4.69, 9.17) is 39.5 Å². The first-order valence-electron chi connectivity index (χ1n) is 7.49. The molecular weight excluding hydrogens is 399 g/mol. The number of nitrogens with one attached hydrogen (secondary N) is 1. The Morgan fingerprint density at radius 1 is 1.04 bits per heavy atom. The number of hydrogen-bond donors (Lipinski definition) is 1. The average Bonchev–Trinajstić information content (AvgIpc) is 2.81. The Labute approximate surface area is 165 Å². The van der Waals surface area contributed by atoms with Gasteiger partial charge in [0.05, 0.1) is 28.5 Å². The van der Waals surface area contributed by atoms with Crippen LogP contribution < -0.4 is 15.0 Å². The summed E-state index contributed by atoms with van der Waals surface area (Å²) < 4.78 is 5.28. The molecule has 8 heteroatoms. The maximum Gasteiger partial charge on any atom is 0.283 e. The number of imide groups is 1. The second kappa shape index (κ2) is 7.19. The van der Waals surface area contributed by atoms with Crippen LogP contribution in [0.25, 0.3) is 0 Å². The number of hydrogen-bond acceptors (Lipinski definition) is 4. The van der Waals surface area contributed by atoms with Gasteiger partial charge < -0.3 is 10.1 Å². The van der Waals surface area contributed by atoms with Gasteiger partial charge >= 0.3 is 0 Å². The number of aryl methyl sites for hydroxylation is 1. The third-order valence-corrected chi connectivity index (χ3v) is 4.97. The van der Waals surface area contributed by atoms with Gasteiger partial charge in [0.1, 0.15) is 16.5 Å². The Bertz CT molecular complexity index is 957. The quantitative estimate of drug-likeness (QED) is 0.738. The number of halogens is 3. The zero-order valence-corrected chi connectivity index (χ0v) is 16.0. The number of carbonyl (C=O) groups excluding carboxylic acids is 2. The van der Waals surface area contributed by atoms with Crippen molar-refractivity contribution in [2.45, 2.75) is 6.92 Å². The van der Waals surface area contributed by atoms with Gasteiger partial charge in [0.15, 0.2) is 0 Å². The minimum atomic E-state index is -0.685. The van der Waals surface area contributed by atoms with E-state index < -0.39 is 11.8 Å². The zero-order valence-electron chi connectivity index (χ0n) is 13.8. The fourth-order valence-electron chi connectivity index (χ4n) is 2.55. The largest absolute Gasteiger partial charge is 0.495 e.